The van der Waals surface area contributed by atoms with Crippen LogP contribution in [0.2, 0.25) is 0 Å². The fourth-order valence-electron chi connectivity index (χ4n) is 1.59. The molecule has 3 N–H and O–H groups in total. The summed E-state index contributed by atoms with van der Waals surface area (Å²) in [6, 6.07) is 3.69. The number of rotatable bonds is 5. The van der Waals surface area contributed by atoms with Gasteiger partial charge in [-0.2, -0.15) is 0 Å². The van der Waals surface area contributed by atoms with Crippen LogP contribution < -0.4 is 10.6 Å². The van der Waals surface area contributed by atoms with Crippen molar-refractivity contribution in [3.63, 3.8) is 0 Å². The minimum Gasteiger partial charge on any atom is -0.469 e. The van der Waals surface area contributed by atoms with Gasteiger partial charge in [0.1, 0.15) is 5.76 Å². The van der Waals surface area contributed by atoms with Gasteiger partial charge in [0.2, 0.25) is 0 Å². The Hall–Kier alpha value is -1.49. The van der Waals surface area contributed by atoms with Crippen molar-refractivity contribution >= 4 is 6.03 Å². The maximum absolute atomic E-state index is 11.4. The second-order valence-electron chi connectivity index (χ2n) is 4.85. The van der Waals surface area contributed by atoms with E-state index in [-0.39, 0.29) is 12.6 Å². The highest BCUT2D eigenvalue weighted by Crippen LogP contribution is 2.18. The van der Waals surface area contributed by atoms with Crippen LogP contribution in [0.4, 0.5) is 4.79 Å². The number of urea groups is 1. The Balaban J connectivity index is 1.73. The van der Waals surface area contributed by atoms with E-state index in [4.69, 9.17) is 4.42 Å². The normalized spacial score (nSPS) is 18.5. The molecule has 0 spiro atoms. The predicted molar refractivity (Wildman–Crippen MR) is 62.6 cm³/mol. The van der Waals surface area contributed by atoms with Crippen molar-refractivity contribution in [1.82, 2.24) is 10.6 Å². The summed E-state index contributed by atoms with van der Waals surface area (Å²) in [7, 11) is 0. The first-order chi connectivity index (χ1) is 8.05. The van der Waals surface area contributed by atoms with Crippen LogP contribution in [0.5, 0.6) is 0 Å². The van der Waals surface area contributed by atoms with Crippen molar-refractivity contribution < 1.29 is 14.3 Å². The van der Waals surface area contributed by atoms with Crippen molar-refractivity contribution in [2.75, 3.05) is 6.54 Å². The summed E-state index contributed by atoms with van der Waals surface area (Å²) in [5, 5.41) is 15.5. The standard InChI is InChI=1S/C12H18N2O3/c1-12(16,7-10-3-2-6-17-10)8-13-11(15)14-9-4-5-9/h2-3,6,9,16H,4-5,7-8H2,1H3,(H2,13,14,15). The number of carbonyl (C=O) groups is 1. The highest BCUT2D eigenvalue weighted by atomic mass is 16.3. The SMILES string of the molecule is CC(O)(CNC(=O)NC1CC1)Cc1ccco1. The Labute approximate surface area is 100 Å². The van der Waals surface area contributed by atoms with Crippen LogP contribution in [0.15, 0.2) is 22.8 Å². The van der Waals surface area contributed by atoms with Crippen LogP contribution in [-0.4, -0.2) is 29.3 Å². The molecule has 17 heavy (non-hydrogen) atoms. The zero-order valence-corrected chi connectivity index (χ0v) is 9.90. The van der Waals surface area contributed by atoms with Gasteiger partial charge in [0, 0.05) is 19.0 Å². The van der Waals surface area contributed by atoms with Crippen LogP contribution >= 0.6 is 0 Å². The van der Waals surface area contributed by atoms with Crippen molar-refractivity contribution in [2.45, 2.75) is 37.8 Å². The average molecular weight is 238 g/mol. The van der Waals surface area contributed by atoms with Gasteiger partial charge in [0.15, 0.2) is 0 Å². The Morgan fingerprint density at radius 2 is 2.41 bits per heavy atom. The van der Waals surface area contributed by atoms with Crippen LogP contribution in [0.3, 0.4) is 0 Å². The summed E-state index contributed by atoms with van der Waals surface area (Å²) in [4.78, 5) is 11.4. The van der Waals surface area contributed by atoms with Crippen LogP contribution in [-0.2, 0) is 6.42 Å². The first-order valence-electron chi connectivity index (χ1n) is 5.84. The van der Waals surface area contributed by atoms with E-state index < -0.39 is 5.60 Å². The number of nitrogens with one attached hydrogen (secondary N) is 2. The van der Waals surface area contributed by atoms with Gasteiger partial charge in [-0.15, -0.1) is 0 Å². The molecular weight excluding hydrogens is 220 g/mol. The lowest BCUT2D eigenvalue weighted by Crippen LogP contribution is -2.46. The maximum Gasteiger partial charge on any atom is 0.315 e. The molecule has 1 aliphatic carbocycles. The third-order valence-electron chi connectivity index (χ3n) is 2.68. The molecule has 5 nitrogen and oxygen atoms in total. The van der Waals surface area contributed by atoms with E-state index in [0.717, 1.165) is 12.8 Å². The van der Waals surface area contributed by atoms with Crippen LogP contribution in [0, 0.1) is 0 Å². The smallest absolute Gasteiger partial charge is 0.315 e. The largest absolute Gasteiger partial charge is 0.469 e. The molecule has 0 aliphatic heterocycles. The molecule has 1 aromatic heterocycles. The number of hydrogen-bond donors (Lipinski definition) is 3. The zero-order chi connectivity index (χ0) is 12.3. The van der Waals surface area contributed by atoms with Crippen LogP contribution in [0.25, 0.3) is 0 Å². The molecule has 1 fully saturated rings. The molecule has 0 aromatic carbocycles. The van der Waals surface area contributed by atoms with Gasteiger partial charge in [0.05, 0.1) is 11.9 Å². The molecule has 2 amide bonds. The molecule has 0 saturated heterocycles. The molecule has 0 radical (unpaired) electrons. The average Bonchev–Trinajstić information content (AvgIpc) is 2.91. The lowest BCUT2D eigenvalue weighted by Gasteiger charge is -2.22. The number of carbonyl (C=O) groups excluding carboxylic acids is 1. The number of aliphatic hydroxyl groups is 1. The maximum atomic E-state index is 11.4. The molecule has 5 heteroatoms. The number of amides is 2. The van der Waals surface area contributed by atoms with Gasteiger partial charge in [-0.1, -0.05) is 0 Å². The molecule has 1 saturated carbocycles. The summed E-state index contributed by atoms with van der Waals surface area (Å²) in [6.07, 6.45) is 4.05. The topological polar surface area (TPSA) is 74.5 Å². The van der Waals surface area contributed by atoms with Crippen molar-refractivity contribution in [3.05, 3.63) is 24.2 Å². The molecular formula is C12H18N2O3. The Bertz CT molecular complexity index is 369. The van der Waals surface area contributed by atoms with Gasteiger partial charge >= 0.3 is 6.03 Å². The molecule has 1 aliphatic rings. The van der Waals surface area contributed by atoms with Crippen molar-refractivity contribution in [1.29, 1.82) is 0 Å². The third-order valence-corrected chi connectivity index (χ3v) is 2.68. The summed E-state index contributed by atoms with van der Waals surface area (Å²) < 4.78 is 5.16. The summed E-state index contributed by atoms with van der Waals surface area (Å²) in [6.45, 7) is 1.87. The first-order valence-corrected chi connectivity index (χ1v) is 5.84. The van der Waals surface area contributed by atoms with Crippen molar-refractivity contribution in [3.8, 4) is 0 Å². The second kappa shape index (κ2) is 4.79. The Morgan fingerprint density at radius 3 is 3.00 bits per heavy atom. The molecule has 1 unspecified atom stereocenters. The lowest BCUT2D eigenvalue weighted by molar-refractivity contribution is 0.0571. The van der Waals surface area contributed by atoms with Gasteiger partial charge < -0.3 is 20.2 Å². The fourth-order valence-corrected chi connectivity index (χ4v) is 1.59. The van der Waals surface area contributed by atoms with E-state index in [2.05, 4.69) is 10.6 Å². The molecule has 2 rings (SSSR count). The van der Waals surface area contributed by atoms with Gasteiger partial charge in [0.25, 0.3) is 0 Å². The molecule has 1 aromatic rings. The number of furan rings is 1. The third kappa shape index (κ3) is 4.11. The van der Waals surface area contributed by atoms with E-state index in [1.165, 1.54) is 0 Å². The zero-order valence-electron chi connectivity index (χ0n) is 9.90. The monoisotopic (exact) mass is 238 g/mol. The van der Waals surface area contributed by atoms with Gasteiger partial charge in [-0.3, -0.25) is 0 Å². The van der Waals surface area contributed by atoms with E-state index in [9.17, 15) is 9.90 Å². The highest BCUT2D eigenvalue weighted by molar-refractivity contribution is 5.74. The van der Waals surface area contributed by atoms with E-state index in [1.54, 1.807) is 25.3 Å². The Morgan fingerprint density at radius 1 is 1.65 bits per heavy atom. The summed E-state index contributed by atoms with van der Waals surface area (Å²) in [5.74, 6) is 0.708. The minimum atomic E-state index is -1.00. The van der Waals surface area contributed by atoms with Crippen LogP contribution in [0.1, 0.15) is 25.5 Å². The predicted octanol–water partition coefficient (Wildman–Crippen LogP) is 1.03. The molecule has 94 valence electrons. The fraction of sp³-hybridized carbons (Fsp3) is 0.583. The first kappa shape index (κ1) is 12.0. The number of hydrogen-bond acceptors (Lipinski definition) is 3. The molecule has 0 bridgehead atoms. The van der Waals surface area contributed by atoms with E-state index >= 15 is 0 Å². The Kier molecular flexibility index (Phi) is 3.38. The molecule has 1 atom stereocenters. The highest BCUT2D eigenvalue weighted by Gasteiger charge is 2.26. The minimum absolute atomic E-state index is 0.201. The van der Waals surface area contributed by atoms with E-state index in [0.29, 0.717) is 18.2 Å². The van der Waals surface area contributed by atoms with E-state index in [1.807, 2.05) is 0 Å². The van der Waals surface area contributed by atoms with Gasteiger partial charge in [-0.25, -0.2) is 4.79 Å². The lowest BCUT2D eigenvalue weighted by atomic mass is 10.0. The van der Waals surface area contributed by atoms with Crippen molar-refractivity contribution in [2.24, 2.45) is 0 Å². The molecule has 1 heterocycles. The summed E-state index contributed by atoms with van der Waals surface area (Å²) >= 11 is 0. The quantitative estimate of drug-likeness (QED) is 0.717. The summed E-state index contributed by atoms with van der Waals surface area (Å²) in [5.41, 5.74) is -1.00. The second-order valence-corrected chi connectivity index (χ2v) is 4.85. The van der Waals surface area contributed by atoms with Gasteiger partial charge in [-0.05, 0) is 31.9 Å².